The Kier molecular flexibility index (Phi) is 6.25. The predicted molar refractivity (Wildman–Crippen MR) is 80.4 cm³/mol. The summed E-state index contributed by atoms with van der Waals surface area (Å²) in [7, 11) is 0. The molecule has 0 bridgehead atoms. The molecule has 0 aromatic rings. The van der Waals surface area contributed by atoms with Crippen molar-refractivity contribution in [2.75, 3.05) is 0 Å². The Morgan fingerprint density at radius 1 is 0.588 bits per heavy atom. The fraction of sp³-hybridized carbons (Fsp3) is 1.00. The van der Waals surface area contributed by atoms with E-state index < -0.39 is 0 Å². The molecule has 0 aliphatic heterocycles. The van der Waals surface area contributed by atoms with Gasteiger partial charge in [-0.2, -0.15) is 0 Å². The van der Waals surface area contributed by atoms with E-state index in [1.165, 1.54) is 38.5 Å². The second-order valence-electron chi connectivity index (χ2n) is 6.89. The Hall–Kier alpha value is 0. The summed E-state index contributed by atoms with van der Waals surface area (Å²) >= 11 is 0. The van der Waals surface area contributed by atoms with Crippen molar-refractivity contribution >= 4 is 0 Å². The van der Waals surface area contributed by atoms with Gasteiger partial charge in [-0.05, 0) is 22.7 Å². The second-order valence-corrected chi connectivity index (χ2v) is 6.89. The van der Waals surface area contributed by atoms with Crippen molar-refractivity contribution in [3.8, 4) is 0 Å². The van der Waals surface area contributed by atoms with Crippen molar-refractivity contribution in [3.05, 3.63) is 0 Å². The molecule has 0 heterocycles. The summed E-state index contributed by atoms with van der Waals surface area (Å²) in [4.78, 5) is 0. The SMILES string of the molecule is CCC(CC)(CC)CC(C)(C)C(C)(CC)CC. The molecule has 17 heavy (non-hydrogen) atoms. The first-order valence-corrected chi connectivity index (χ1v) is 7.76. The molecule has 0 aliphatic rings. The van der Waals surface area contributed by atoms with Crippen molar-refractivity contribution in [2.45, 2.75) is 93.9 Å². The molecule has 0 N–H and O–H groups in total. The van der Waals surface area contributed by atoms with Crippen LogP contribution in [-0.2, 0) is 0 Å². The van der Waals surface area contributed by atoms with Crippen molar-refractivity contribution < 1.29 is 0 Å². The summed E-state index contributed by atoms with van der Waals surface area (Å²) in [6.45, 7) is 19.3. The summed E-state index contributed by atoms with van der Waals surface area (Å²) in [6, 6.07) is 0. The molecule has 0 nitrogen and oxygen atoms in total. The lowest BCUT2D eigenvalue weighted by atomic mass is 9.56. The minimum absolute atomic E-state index is 0.443. The smallest absolute Gasteiger partial charge is 0.0280 e. The number of hydrogen-bond donors (Lipinski definition) is 0. The van der Waals surface area contributed by atoms with E-state index in [1.807, 2.05) is 0 Å². The van der Waals surface area contributed by atoms with Crippen LogP contribution in [0.25, 0.3) is 0 Å². The third-order valence-corrected chi connectivity index (χ3v) is 6.26. The molecule has 0 saturated heterocycles. The van der Waals surface area contributed by atoms with E-state index in [0.29, 0.717) is 16.2 Å². The van der Waals surface area contributed by atoms with E-state index in [0.717, 1.165) is 0 Å². The first-order chi connectivity index (χ1) is 7.76. The largest absolute Gasteiger partial charge is 0.0649 e. The van der Waals surface area contributed by atoms with Crippen LogP contribution >= 0.6 is 0 Å². The molecule has 0 saturated carbocycles. The topological polar surface area (TPSA) is 0 Å². The van der Waals surface area contributed by atoms with Crippen molar-refractivity contribution in [2.24, 2.45) is 16.2 Å². The summed E-state index contributed by atoms with van der Waals surface area (Å²) < 4.78 is 0. The lowest BCUT2D eigenvalue weighted by molar-refractivity contribution is 0.0133. The van der Waals surface area contributed by atoms with Gasteiger partial charge in [-0.3, -0.25) is 0 Å². The van der Waals surface area contributed by atoms with Crippen molar-refractivity contribution in [1.29, 1.82) is 0 Å². The maximum atomic E-state index is 2.50. The molecule has 0 rings (SSSR count). The van der Waals surface area contributed by atoms with E-state index in [1.54, 1.807) is 0 Å². The average Bonchev–Trinajstić information content (AvgIpc) is 2.34. The lowest BCUT2D eigenvalue weighted by Crippen LogP contribution is -2.39. The quantitative estimate of drug-likeness (QED) is 0.457. The highest BCUT2D eigenvalue weighted by atomic mass is 14.5. The van der Waals surface area contributed by atoms with Crippen molar-refractivity contribution in [1.82, 2.24) is 0 Å². The summed E-state index contributed by atoms with van der Waals surface area (Å²) in [5.74, 6) is 0. The van der Waals surface area contributed by atoms with E-state index in [2.05, 4.69) is 55.4 Å². The molecule has 0 fully saturated rings. The minimum Gasteiger partial charge on any atom is -0.0649 e. The zero-order chi connectivity index (χ0) is 13.7. The van der Waals surface area contributed by atoms with Crippen LogP contribution in [0.15, 0.2) is 0 Å². The van der Waals surface area contributed by atoms with Gasteiger partial charge in [0.1, 0.15) is 0 Å². The molecule has 0 aromatic heterocycles. The normalized spacial score (nSPS) is 14.1. The van der Waals surface area contributed by atoms with Crippen LogP contribution < -0.4 is 0 Å². The Morgan fingerprint density at radius 3 is 1.18 bits per heavy atom. The number of rotatable bonds is 8. The van der Waals surface area contributed by atoms with Gasteiger partial charge in [-0.15, -0.1) is 0 Å². The van der Waals surface area contributed by atoms with Gasteiger partial charge in [0.25, 0.3) is 0 Å². The van der Waals surface area contributed by atoms with Crippen LogP contribution in [-0.4, -0.2) is 0 Å². The van der Waals surface area contributed by atoms with Crippen LogP contribution in [0.2, 0.25) is 0 Å². The van der Waals surface area contributed by atoms with Crippen LogP contribution in [0.5, 0.6) is 0 Å². The van der Waals surface area contributed by atoms with Gasteiger partial charge in [0, 0.05) is 0 Å². The minimum atomic E-state index is 0.443. The van der Waals surface area contributed by atoms with Gasteiger partial charge in [-0.25, -0.2) is 0 Å². The highest BCUT2D eigenvalue weighted by Gasteiger charge is 2.42. The Bertz CT molecular complexity index is 196. The average molecular weight is 240 g/mol. The lowest BCUT2D eigenvalue weighted by Gasteiger charge is -2.49. The molecular weight excluding hydrogens is 204 g/mol. The summed E-state index contributed by atoms with van der Waals surface area (Å²) in [5.41, 5.74) is 1.49. The van der Waals surface area contributed by atoms with Crippen molar-refractivity contribution in [3.63, 3.8) is 0 Å². The van der Waals surface area contributed by atoms with E-state index in [9.17, 15) is 0 Å². The standard InChI is InChI=1S/C17H36/c1-9-16(8,10-2)15(6,7)14-17(11-3,12-4)13-5/h9-14H2,1-8H3. The zero-order valence-electron chi connectivity index (χ0n) is 13.7. The monoisotopic (exact) mass is 240 g/mol. The Balaban J connectivity index is 5.07. The molecule has 0 amide bonds. The Labute approximate surface area is 111 Å². The van der Waals surface area contributed by atoms with Gasteiger partial charge >= 0.3 is 0 Å². The third-order valence-electron chi connectivity index (χ3n) is 6.26. The molecule has 0 atom stereocenters. The number of hydrogen-bond acceptors (Lipinski definition) is 0. The van der Waals surface area contributed by atoms with Gasteiger partial charge in [0.05, 0.1) is 0 Å². The van der Waals surface area contributed by atoms with Gasteiger partial charge in [0.15, 0.2) is 0 Å². The van der Waals surface area contributed by atoms with E-state index >= 15 is 0 Å². The molecule has 0 heteroatoms. The highest BCUT2D eigenvalue weighted by molar-refractivity contribution is 4.93. The Morgan fingerprint density at radius 2 is 0.941 bits per heavy atom. The molecule has 104 valence electrons. The van der Waals surface area contributed by atoms with Crippen LogP contribution in [0, 0.1) is 16.2 Å². The molecule has 0 aliphatic carbocycles. The third kappa shape index (κ3) is 3.48. The predicted octanol–water partition coefficient (Wildman–Crippen LogP) is 6.45. The fourth-order valence-corrected chi connectivity index (χ4v) is 3.48. The molecular formula is C17H36. The molecule has 0 aromatic carbocycles. The second kappa shape index (κ2) is 6.25. The molecule has 0 unspecified atom stereocenters. The van der Waals surface area contributed by atoms with E-state index in [-0.39, 0.29) is 0 Å². The zero-order valence-corrected chi connectivity index (χ0v) is 13.7. The van der Waals surface area contributed by atoms with Gasteiger partial charge in [0.2, 0.25) is 0 Å². The first-order valence-electron chi connectivity index (χ1n) is 7.76. The fourth-order valence-electron chi connectivity index (χ4n) is 3.48. The van der Waals surface area contributed by atoms with E-state index in [4.69, 9.17) is 0 Å². The van der Waals surface area contributed by atoms with Crippen LogP contribution in [0.1, 0.15) is 93.9 Å². The van der Waals surface area contributed by atoms with Gasteiger partial charge < -0.3 is 0 Å². The van der Waals surface area contributed by atoms with Crippen LogP contribution in [0.4, 0.5) is 0 Å². The molecule has 0 spiro atoms. The maximum Gasteiger partial charge on any atom is -0.0280 e. The maximum absolute atomic E-state index is 2.50. The summed E-state index contributed by atoms with van der Waals surface area (Å²) in [5, 5.41) is 0. The van der Waals surface area contributed by atoms with Crippen LogP contribution in [0.3, 0.4) is 0 Å². The van der Waals surface area contributed by atoms with Gasteiger partial charge in [-0.1, -0.05) is 87.5 Å². The molecule has 0 radical (unpaired) electrons. The summed E-state index contributed by atoms with van der Waals surface area (Å²) in [6.07, 6.45) is 7.95. The highest BCUT2D eigenvalue weighted by Crippen LogP contribution is 2.53. The first kappa shape index (κ1) is 17.0.